The van der Waals surface area contributed by atoms with Crippen molar-refractivity contribution in [2.24, 2.45) is 5.92 Å². The van der Waals surface area contributed by atoms with E-state index in [4.69, 9.17) is 0 Å². The van der Waals surface area contributed by atoms with Crippen LogP contribution in [0.15, 0.2) is 73.1 Å². The van der Waals surface area contributed by atoms with E-state index in [2.05, 4.69) is 66.0 Å². The van der Waals surface area contributed by atoms with Crippen LogP contribution in [0.25, 0.3) is 21.5 Å². The Morgan fingerprint density at radius 3 is 2.68 bits per heavy atom. The molecule has 1 heteroatoms. The molecule has 4 aromatic rings. The smallest absolute Gasteiger partial charge is 0.0303 e. The van der Waals surface area contributed by atoms with Crippen molar-refractivity contribution >= 4 is 21.5 Å². The first-order chi connectivity index (χ1) is 12.4. The summed E-state index contributed by atoms with van der Waals surface area (Å²) in [4.78, 5) is 4.25. The Morgan fingerprint density at radius 1 is 0.840 bits per heavy atom. The van der Waals surface area contributed by atoms with Gasteiger partial charge in [-0.05, 0) is 75.9 Å². The highest BCUT2D eigenvalue weighted by Crippen LogP contribution is 2.36. The molecule has 1 aliphatic carbocycles. The molecular formula is C24H20N. The van der Waals surface area contributed by atoms with E-state index in [1.807, 2.05) is 18.5 Å². The van der Waals surface area contributed by atoms with Gasteiger partial charge in [-0.3, -0.25) is 4.98 Å². The second-order valence-electron chi connectivity index (χ2n) is 7.04. The first kappa shape index (κ1) is 14.7. The fourth-order valence-electron chi connectivity index (χ4n) is 4.27. The minimum Gasteiger partial charge on any atom is -0.264 e. The van der Waals surface area contributed by atoms with E-state index in [0.717, 1.165) is 6.42 Å². The van der Waals surface area contributed by atoms with Crippen LogP contribution in [0.3, 0.4) is 0 Å². The minimum absolute atomic E-state index is 0.591. The topological polar surface area (TPSA) is 12.9 Å². The second-order valence-corrected chi connectivity index (χ2v) is 7.04. The molecule has 1 aliphatic rings. The van der Waals surface area contributed by atoms with Crippen molar-refractivity contribution in [2.45, 2.75) is 19.3 Å². The van der Waals surface area contributed by atoms with Gasteiger partial charge in [0.1, 0.15) is 0 Å². The molecular weight excluding hydrogens is 302 g/mol. The number of aromatic nitrogens is 1. The maximum absolute atomic E-state index is 4.25. The maximum Gasteiger partial charge on any atom is 0.0303 e. The number of benzene rings is 3. The molecule has 121 valence electrons. The molecule has 1 heterocycles. The Labute approximate surface area is 148 Å². The van der Waals surface area contributed by atoms with Gasteiger partial charge < -0.3 is 0 Å². The van der Waals surface area contributed by atoms with Crippen molar-refractivity contribution in [1.29, 1.82) is 0 Å². The Balaban J connectivity index is 1.57. The summed E-state index contributed by atoms with van der Waals surface area (Å²) < 4.78 is 0. The van der Waals surface area contributed by atoms with E-state index in [1.54, 1.807) is 5.56 Å². The zero-order valence-electron chi connectivity index (χ0n) is 14.2. The summed E-state index contributed by atoms with van der Waals surface area (Å²) >= 11 is 0. The van der Waals surface area contributed by atoms with Crippen molar-refractivity contribution < 1.29 is 0 Å². The largest absolute Gasteiger partial charge is 0.264 e. The predicted molar refractivity (Wildman–Crippen MR) is 105 cm³/mol. The van der Waals surface area contributed by atoms with Crippen LogP contribution < -0.4 is 0 Å². The number of rotatable bonds is 2. The van der Waals surface area contributed by atoms with Gasteiger partial charge >= 0.3 is 0 Å². The zero-order chi connectivity index (χ0) is 16.6. The number of fused-ring (bicyclic) bond motifs is 5. The molecule has 0 saturated heterocycles. The molecule has 1 radical (unpaired) electrons. The van der Waals surface area contributed by atoms with Gasteiger partial charge in [-0.15, -0.1) is 0 Å². The van der Waals surface area contributed by atoms with Crippen molar-refractivity contribution in [3.05, 3.63) is 96.2 Å². The summed E-state index contributed by atoms with van der Waals surface area (Å²) in [6.45, 7) is 0. The molecule has 0 amide bonds. The van der Waals surface area contributed by atoms with Gasteiger partial charge in [-0.25, -0.2) is 0 Å². The number of pyridine rings is 1. The molecule has 0 N–H and O–H groups in total. The van der Waals surface area contributed by atoms with E-state index in [-0.39, 0.29) is 0 Å². The summed E-state index contributed by atoms with van der Waals surface area (Å²) in [6, 6.07) is 22.1. The molecule has 25 heavy (non-hydrogen) atoms. The molecule has 1 atom stereocenters. The highest BCUT2D eigenvalue weighted by atomic mass is 14.6. The van der Waals surface area contributed by atoms with Crippen LogP contribution in [0.5, 0.6) is 0 Å². The van der Waals surface area contributed by atoms with E-state index >= 15 is 0 Å². The fraction of sp³-hybridized carbons (Fsp3) is 0.167. The summed E-state index contributed by atoms with van der Waals surface area (Å²) in [7, 11) is 0. The molecule has 0 aliphatic heterocycles. The Bertz CT molecular complexity index is 1050. The molecule has 1 unspecified atom stereocenters. The van der Waals surface area contributed by atoms with Gasteiger partial charge in [0.15, 0.2) is 0 Å². The molecule has 0 saturated carbocycles. The van der Waals surface area contributed by atoms with Gasteiger partial charge in [-0.1, -0.05) is 54.6 Å². The minimum atomic E-state index is 0.591. The summed E-state index contributed by atoms with van der Waals surface area (Å²) in [5.74, 6) is 0.591. The third kappa shape index (κ3) is 2.60. The predicted octanol–water partition coefficient (Wildman–Crippen LogP) is 5.75. The summed E-state index contributed by atoms with van der Waals surface area (Å²) in [5, 5.41) is 5.50. The average molecular weight is 322 g/mol. The van der Waals surface area contributed by atoms with Gasteiger partial charge in [0.25, 0.3) is 0 Å². The second kappa shape index (κ2) is 6.00. The molecule has 0 spiro atoms. The Kier molecular flexibility index (Phi) is 3.52. The van der Waals surface area contributed by atoms with Crippen molar-refractivity contribution in [3.63, 3.8) is 0 Å². The SMILES string of the molecule is [CH](c1cccnc1)C1CCc2ccc3c(ccc4ccccc43)c2C1. The summed E-state index contributed by atoms with van der Waals surface area (Å²) in [5.41, 5.74) is 4.31. The number of hydrogen-bond donors (Lipinski definition) is 0. The van der Waals surface area contributed by atoms with E-state index in [9.17, 15) is 0 Å². The van der Waals surface area contributed by atoms with Crippen LogP contribution in [0.2, 0.25) is 0 Å². The van der Waals surface area contributed by atoms with Crippen LogP contribution in [-0.2, 0) is 12.8 Å². The van der Waals surface area contributed by atoms with E-state index in [0.29, 0.717) is 5.92 Å². The molecule has 3 aromatic carbocycles. The molecule has 0 bridgehead atoms. The lowest BCUT2D eigenvalue weighted by Gasteiger charge is -2.26. The van der Waals surface area contributed by atoms with E-state index in [1.165, 1.54) is 45.5 Å². The normalized spacial score (nSPS) is 16.9. The standard InChI is InChI=1S/C24H20N/c1-2-6-21-19(5-1)9-12-23-22(21)11-10-20-8-7-17(15-24(20)23)14-18-4-3-13-25-16-18/h1-6,9-14,16-17H,7-8,15H2. The number of hydrogen-bond acceptors (Lipinski definition) is 1. The van der Waals surface area contributed by atoms with Crippen molar-refractivity contribution in [2.75, 3.05) is 0 Å². The fourth-order valence-corrected chi connectivity index (χ4v) is 4.27. The van der Waals surface area contributed by atoms with Gasteiger partial charge in [0.2, 0.25) is 0 Å². The number of aryl methyl sites for hydroxylation is 1. The van der Waals surface area contributed by atoms with Crippen molar-refractivity contribution in [3.8, 4) is 0 Å². The van der Waals surface area contributed by atoms with Gasteiger partial charge in [0, 0.05) is 12.4 Å². The molecule has 1 aromatic heterocycles. The third-order valence-electron chi connectivity index (χ3n) is 5.50. The van der Waals surface area contributed by atoms with Crippen LogP contribution >= 0.6 is 0 Å². The Morgan fingerprint density at radius 2 is 1.76 bits per heavy atom. The van der Waals surface area contributed by atoms with Gasteiger partial charge in [0.05, 0.1) is 0 Å². The first-order valence-corrected chi connectivity index (χ1v) is 9.05. The molecule has 1 nitrogen and oxygen atoms in total. The molecule has 5 rings (SSSR count). The monoisotopic (exact) mass is 322 g/mol. The quantitative estimate of drug-likeness (QED) is 0.428. The first-order valence-electron chi connectivity index (χ1n) is 9.05. The highest BCUT2D eigenvalue weighted by Gasteiger charge is 2.21. The highest BCUT2D eigenvalue weighted by molar-refractivity contribution is 6.08. The molecule has 0 fully saturated rings. The van der Waals surface area contributed by atoms with Crippen LogP contribution in [0.1, 0.15) is 23.1 Å². The van der Waals surface area contributed by atoms with E-state index < -0.39 is 0 Å². The lowest BCUT2D eigenvalue weighted by molar-refractivity contribution is 0.529. The lowest BCUT2D eigenvalue weighted by Crippen LogP contribution is -2.15. The average Bonchev–Trinajstić information content (AvgIpc) is 2.68. The third-order valence-corrected chi connectivity index (χ3v) is 5.50. The summed E-state index contributed by atoms with van der Waals surface area (Å²) in [6.07, 6.45) is 9.72. The van der Waals surface area contributed by atoms with Crippen LogP contribution in [0, 0.1) is 12.3 Å². The number of nitrogens with zero attached hydrogens (tertiary/aromatic N) is 1. The maximum atomic E-state index is 4.25. The van der Waals surface area contributed by atoms with Crippen molar-refractivity contribution in [1.82, 2.24) is 4.98 Å². The lowest BCUT2D eigenvalue weighted by atomic mass is 9.78. The van der Waals surface area contributed by atoms with Crippen LogP contribution in [0.4, 0.5) is 0 Å². The zero-order valence-corrected chi connectivity index (χ0v) is 14.2. The van der Waals surface area contributed by atoms with Gasteiger partial charge in [-0.2, -0.15) is 0 Å². The van der Waals surface area contributed by atoms with Crippen LogP contribution in [-0.4, -0.2) is 4.98 Å². The Hall–Kier alpha value is -2.67.